The highest BCUT2D eigenvalue weighted by atomic mass is 35.5. The van der Waals surface area contributed by atoms with Gasteiger partial charge in [0.2, 0.25) is 0 Å². The first-order valence-corrected chi connectivity index (χ1v) is 4.16. The molecule has 4 heteroatoms. The Kier molecular flexibility index (Phi) is 2.89. The van der Waals surface area contributed by atoms with Gasteiger partial charge in [-0.1, -0.05) is 18.5 Å². The molecule has 0 aliphatic rings. The normalized spacial score (nSPS) is 12.9. The largest absolute Gasteiger partial charge is 0.327 e. The average molecular weight is 187 g/mol. The molecule has 0 saturated heterocycles. The van der Waals surface area contributed by atoms with Gasteiger partial charge in [0.1, 0.15) is 5.02 Å². The Labute approximate surface area is 75.6 Å². The van der Waals surface area contributed by atoms with Gasteiger partial charge in [0, 0.05) is 12.2 Å². The smallest absolute Gasteiger partial charge is 0.266 e. The summed E-state index contributed by atoms with van der Waals surface area (Å²) < 4.78 is 0. The van der Waals surface area contributed by atoms with Crippen molar-refractivity contribution in [1.29, 1.82) is 0 Å². The second kappa shape index (κ2) is 3.74. The fourth-order valence-corrected chi connectivity index (χ4v) is 1.10. The van der Waals surface area contributed by atoms with Gasteiger partial charge in [-0.3, -0.25) is 4.79 Å². The van der Waals surface area contributed by atoms with Gasteiger partial charge < -0.3 is 10.7 Å². The predicted molar refractivity (Wildman–Crippen MR) is 49.3 cm³/mol. The first-order chi connectivity index (χ1) is 5.65. The summed E-state index contributed by atoms with van der Waals surface area (Å²) in [6, 6.07) is 1.55. The molecule has 0 amide bonds. The molecule has 0 spiro atoms. The second-order valence-corrected chi connectivity index (χ2v) is 3.03. The van der Waals surface area contributed by atoms with Gasteiger partial charge in [-0.2, -0.15) is 0 Å². The number of nitrogens with one attached hydrogen (secondary N) is 1. The number of aromatic amines is 1. The molecule has 3 nitrogen and oxygen atoms in total. The van der Waals surface area contributed by atoms with Crippen molar-refractivity contribution in [3.8, 4) is 0 Å². The van der Waals surface area contributed by atoms with Gasteiger partial charge in [0.15, 0.2) is 0 Å². The van der Waals surface area contributed by atoms with Gasteiger partial charge >= 0.3 is 0 Å². The van der Waals surface area contributed by atoms with Crippen LogP contribution in [-0.4, -0.2) is 4.98 Å². The Morgan fingerprint density at radius 3 is 2.92 bits per heavy atom. The topological polar surface area (TPSA) is 58.9 Å². The van der Waals surface area contributed by atoms with Gasteiger partial charge in [0.25, 0.3) is 5.56 Å². The molecule has 0 radical (unpaired) electrons. The van der Waals surface area contributed by atoms with Crippen molar-refractivity contribution in [3.05, 3.63) is 33.2 Å². The van der Waals surface area contributed by atoms with Gasteiger partial charge in [0.05, 0.1) is 0 Å². The maximum absolute atomic E-state index is 10.9. The molecule has 0 fully saturated rings. The number of hydrogen-bond acceptors (Lipinski definition) is 2. The van der Waals surface area contributed by atoms with Crippen LogP contribution in [0.25, 0.3) is 0 Å². The van der Waals surface area contributed by atoms with E-state index in [0.29, 0.717) is 0 Å². The summed E-state index contributed by atoms with van der Waals surface area (Å²) in [6.45, 7) is 1.98. The van der Waals surface area contributed by atoms with Crippen molar-refractivity contribution >= 4 is 11.6 Å². The maximum atomic E-state index is 10.9. The quantitative estimate of drug-likeness (QED) is 0.735. The third-order valence-electron chi connectivity index (χ3n) is 1.75. The van der Waals surface area contributed by atoms with E-state index in [1.54, 1.807) is 12.3 Å². The number of aromatic nitrogens is 1. The number of halogens is 1. The van der Waals surface area contributed by atoms with Crippen LogP contribution in [0.5, 0.6) is 0 Å². The van der Waals surface area contributed by atoms with Gasteiger partial charge in [-0.25, -0.2) is 0 Å². The standard InChI is InChI=1S/C8H11ClN2O/c1-2-7(10)5-3-6(9)8(12)11-4-5/h3-4,7H,2,10H2,1H3,(H,11,12)/t7-/m0/s1. The minimum Gasteiger partial charge on any atom is -0.327 e. The molecule has 1 aromatic heterocycles. The Hall–Kier alpha value is -0.800. The Morgan fingerprint density at radius 1 is 1.75 bits per heavy atom. The first kappa shape index (κ1) is 9.29. The second-order valence-electron chi connectivity index (χ2n) is 2.62. The van der Waals surface area contributed by atoms with Crippen molar-refractivity contribution in [1.82, 2.24) is 4.98 Å². The van der Waals surface area contributed by atoms with Crippen LogP contribution >= 0.6 is 11.6 Å². The number of H-pyrrole nitrogens is 1. The molecular formula is C8H11ClN2O. The lowest BCUT2D eigenvalue weighted by molar-refractivity contribution is 0.694. The molecule has 0 saturated carbocycles. The van der Waals surface area contributed by atoms with Crippen molar-refractivity contribution < 1.29 is 0 Å². The summed E-state index contributed by atoms with van der Waals surface area (Å²) >= 11 is 5.62. The number of nitrogens with two attached hydrogens (primary N) is 1. The van der Waals surface area contributed by atoms with Gasteiger partial charge in [-0.15, -0.1) is 0 Å². The van der Waals surface area contributed by atoms with E-state index in [4.69, 9.17) is 17.3 Å². The molecule has 12 heavy (non-hydrogen) atoms. The van der Waals surface area contributed by atoms with Crippen LogP contribution in [-0.2, 0) is 0 Å². The van der Waals surface area contributed by atoms with E-state index < -0.39 is 0 Å². The molecule has 1 atom stereocenters. The van der Waals surface area contributed by atoms with Crippen molar-refractivity contribution in [2.45, 2.75) is 19.4 Å². The summed E-state index contributed by atoms with van der Waals surface area (Å²) in [5.74, 6) is 0. The summed E-state index contributed by atoms with van der Waals surface area (Å²) in [4.78, 5) is 13.4. The van der Waals surface area contributed by atoms with Crippen LogP contribution in [0.4, 0.5) is 0 Å². The number of hydrogen-bond donors (Lipinski definition) is 2. The third kappa shape index (κ3) is 1.87. The summed E-state index contributed by atoms with van der Waals surface area (Å²) in [5.41, 5.74) is 6.32. The zero-order valence-corrected chi connectivity index (χ0v) is 7.56. The zero-order chi connectivity index (χ0) is 9.14. The highest BCUT2D eigenvalue weighted by Crippen LogP contribution is 2.13. The van der Waals surface area contributed by atoms with E-state index >= 15 is 0 Å². The molecule has 1 aromatic rings. The first-order valence-electron chi connectivity index (χ1n) is 3.79. The lowest BCUT2D eigenvalue weighted by Gasteiger charge is -2.07. The summed E-state index contributed by atoms with van der Waals surface area (Å²) in [5, 5.41) is 0.191. The van der Waals surface area contributed by atoms with E-state index in [1.807, 2.05) is 6.92 Å². The average Bonchev–Trinajstić information content (AvgIpc) is 2.08. The molecule has 0 aliphatic carbocycles. The van der Waals surface area contributed by atoms with Crippen LogP contribution in [0.2, 0.25) is 5.02 Å². The Bertz CT molecular complexity index is 321. The molecule has 0 aromatic carbocycles. The molecule has 1 heterocycles. The molecule has 0 unspecified atom stereocenters. The van der Waals surface area contributed by atoms with E-state index in [0.717, 1.165) is 12.0 Å². The molecule has 66 valence electrons. The highest BCUT2D eigenvalue weighted by Gasteiger charge is 2.04. The lowest BCUT2D eigenvalue weighted by Crippen LogP contribution is -2.13. The molecule has 0 bridgehead atoms. The van der Waals surface area contributed by atoms with Crippen LogP contribution < -0.4 is 11.3 Å². The van der Waals surface area contributed by atoms with Crippen LogP contribution in [0.15, 0.2) is 17.1 Å². The lowest BCUT2D eigenvalue weighted by atomic mass is 10.1. The van der Waals surface area contributed by atoms with E-state index in [2.05, 4.69) is 4.98 Å². The molecule has 3 N–H and O–H groups in total. The highest BCUT2D eigenvalue weighted by molar-refractivity contribution is 6.30. The fraction of sp³-hybridized carbons (Fsp3) is 0.375. The van der Waals surface area contributed by atoms with Crippen molar-refractivity contribution in [2.75, 3.05) is 0 Å². The Morgan fingerprint density at radius 2 is 2.42 bits per heavy atom. The minimum absolute atomic E-state index is 0.0562. The number of pyridine rings is 1. The van der Waals surface area contributed by atoms with Crippen LogP contribution in [0.3, 0.4) is 0 Å². The summed E-state index contributed by atoms with van der Waals surface area (Å²) in [6.07, 6.45) is 2.42. The van der Waals surface area contributed by atoms with Crippen molar-refractivity contribution in [3.63, 3.8) is 0 Å². The fourth-order valence-electron chi connectivity index (χ4n) is 0.921. The zero-order valence-electron chi connectivity index (χ0n) is 6.80. The molecular weight excluding hydrogens is 176 g/mol. The Balaban J connectivity index is 3.04. The minimum atomic E-state index is -0.274. The van der Waals surface area contributed by atoms with E-state index in [1.165, 1.54) is 0 Å². The summed E-state index contributed by atoms with van der Waals surface area (Å²) in [7, 11) is 0. The molecule has 0 aliphatic heterocycles. The number of rotatable bonds is 2. The van der Waals surface area contributed by atoms with Crippen molar-refractivity contribution in [2.24, 2.45) is 5.73 Å². The van der Waals surface area contributed by atoms with Crippen LogP contribution in [0.1, 0.15) is 24.9 Å². The van der Waals surface area contributed by atoms with E-state index in [-0.39, 0.29) is 16.6 Å². The maximum Gasteiger partial charge on any atom is 0.266 e. The van der Waals surface area contributed by atoms with E-state index in [9.17, 15) is 4.79 Å². The SMILES string of the molecule is CC[C@H](N)c1c[nH]c(=O)c(Cl)c1. The third-order valence-corrected chi connectivity index (χ3v) is 2.03. The van der Waals surface area contributed by atoms with Gasteiger partial charge in [-0.05, 0) is 18.1 Å². The predicted octanol–water partition coefficient (Wildman–Crippen LogP) is 1.44. The molecule has 1 rings (SSSR count). The van der Waals surface area contributed by atoms with Crippen LogP contribution in [0, 0.1) is 0 Å². The monoisotopic (exact) mass is 186 g/mol.